The Morgan fingerprint density at radius 1 is 0.348 bits per heavy atom. The lowest BCUT2D eigenvalue weighted by atomic mass is 9.77. The Bertz CT molecular complexity index is 2520. The van der Waals surface area contributed by atoms with Gasteiger partial charge in [-0.25, -0.2) is 0 Å². The molecule has 0 atom stereocenters. The molecule has 0 unspecified atom stereocenters. The van der Waals surface area contributed by atoms with Gasteiger partial charge in [0.15, 0.2) is 11.6 Å². The van der Waals surface area contributed by atoms with E-state index in [0.717, 1.165) is 98.7 Å². The van der Waals surface area contributed by atoms with Crippen molar-refractivity contribution in [2.24, 2.45) is 0 Å². The number of fused-ring (bicyclic) bond motifs is 7. The first kappa shape index (κ1) is 25.2. The van der Waals surface area contributed by atoms with Gasteiger partial charge in [0.2, 0.25) is 0 Å². The van der Waals surface area contributed by atoms with Crippen LogP contribution >= 0.6 is 0 Å². The summed E-state index contributed by atoms with van der Waals surface area (Å²) in [6.45, 7) is 0.689. The van der Waals surface area contributed by atoms with Crippen molar-refractivity contribution in [3.63, 3.8) is 0 Å². The van der Waals surface area contributed by atoms with Crippen molar-refractivity contribution in [3.8, 4) is 22.3 Å². The maximum Gasteiger partial charge on any atom is 0.251 e. The number of hydrogen-bond acceptors (Lipinski definition) is 3. The molecule has 46 heavy (non-hydrogen) atoms. The molecule has 214 valence electrons. The summed E-state index contributed by atoms with van der Waals surface area (Å²) < 4.78 is 0. The largest absolute Gasteiger partial charge is 0.348 e. The van der Waals surface area contributed by atoms with E-state index in [1.165, 1.54) is 0 Å². The minimum Gasteiger partial charge on any atom is -0.348 e. The van der Waals surface area contributed by atoms with Gasteiger partial charge in [-0.3, -0.25) is 14.4 Å². The van der Waals surface area contributed by atoms with Crippen molar-refractivity contribution in [2.45, 2.75) is 6.54 Å². The van der Waals surface area contributed by atoms with Crippen LogP contribution in [0.2, 0.25) is 0 Å². The van der Waals surface area contributed by atoms with Gasteiger partial charge < -0.3 is 5.32 Å². The highest BCUT2D eigenvalue weighted by atomic mass is 16.2. The van der Waals surface area contributed by atoms with Gasteiger partial charge in [-0.1, -0.05) is 103 Å². The summed E-state index contributed by atoms with van der Waals surface area (Å²) in [7, 11) is 0. The Morgan fingerprint density at radius 2 is 0.739 bits per heavy atom. The van der Waals surface area contributed by atoms with Crippen molar-refractivity contribution in [2.75, 3.05) is 0 Å². The number of rotatable bonds is 0. The van der Waals surface area contributed by atoms with Gasteiger partial charge in [0, 0.05) is 45.1 Å². The van der Waals surface area contributed by atoms with E-state index in [-0.39, 0.29) is 17.5 Å². The van der Waals surface area contributed by atoms with Crippen LogP contribution in [0.4, 0.5) is 0 Å². The highest BCUT2D eigenvalue weighted by Gasteiger charge is 2.30. The lowest BCUT2D eigenvalue weighted by Gasteiger charge is -2.25. The van der Waals surface area contributed by atoms with Crippen LogP contribution in [0.5, 0.6) is 0 Å². The molecule has 0 bridgehead atoms. The van der Waals surface area contributed by atoms with Crippen LogP contribution in [0.3, 0.4) is 0 Å². The fourth-order valence-electron chi connectivity index (χ4n) is 8.00. The fraction of sp³-hybridized carbons (Fsp3) is 0.0238. The minimum atomic E-state index is 0.0515. The van der Waals surface area contributed by atoms with E-state index in [1.54, 1.807) is 0 Å². The summed E-state index contributed by atoms with van der Waals surface area (Å²) in [5.74, 6) is 0.218. The molecule has 11 rings (SSSR count). The molecule has 1 N–H and O–H groups in total. The normalized spacial score (nSPS) is 13.9. The van der Waals surface area contributed by atoms with E-state index in [4.69, 9.17) is 0 Å². The Kier molecular flexibility index (Phi) is 4.91. The second-order valence-electron chi connectivity index (χ2n) is 12.2. The van der Waals surface area contributed by atoms with Crippen LogP contribution in [-0.4, -0.2) is 17.5 Å². The highest BCUT2D eigenvalue weighted by Crippen LogP contribution is 2.50. The molecule has 0 spiro atoms. The van der Waals surface area contributed by atoms with Crippen molar-refractivity contribution < 1.29 is 14.4 Å². The molecule has 0 aromatic heterocycles. The van der Waals surface area contributed by atoms with Crippen LogP contribution in [-0.2, 0) is 6.54 Å². The van der Waals surface area contributed by atoms with Crippen LogP contribution in [0.1, 0.15) is 47.8 Å². The summed E-state index contributed by atoms with van der Waals surface area (Å²) >= 11 is 0. The number of hydrogen-bond donors (Lipinski definition) is 1. The molecule has 0 saturated heterocycles. The molecule has 8 aromatic carbocycles. The maximum atomic E-state index is 13.5. The summed E-state index contributed by atoms with van der Waals surface area (Å²) in [6, 6.07) is 40.3. The zero-order valence-corrected chi connectivity index (χ0v) is 24.5. The van der Waals surface area contributed by atoms with E-state index in [9.17, 15) is 14.4 Å². The van der Waals surface area contributed by atoms with Crippen LogP contribution in [0.25, 0.3) is 65.3 Å². The second-order valence-corrected chi connectivity index (χ2v) is 12.2. The van der Waals surface area contributed by atoms with Gasteiger partial charge in [0.05, 0.1) is 0 Å². The molecule has 1 heterocycles. The molecule has 1 aliphatic heterocycles. The molecule has 0 fully saturated rings. The first-order valence-corrected chi connectivity index (χ1v) is 15.4. The number of nitrogens with one attached hydrogen (secondary N) is 1. The summed E-state index contributed by atoms with van der Waals surface area (Å²) in [6.07, 6.45) is 0. The Morgan fingerprint density at radius 3 is 1.20 bits per heavy atom. The number of carbonyl (C=O) groups is 3. The van der Waals surface area contributed by atoms with Gasteiger partial charge >= 0.3 is 0 Å². The third-order valence-corrected chi connectivity index (χ3v) is 10.0. The topological polar surface area (TPSA) is 63.2 Å². The Labute approximate surface area is 263 Å². The van der Waals surface area contributed by atoms with Crippen molar-refractivity contribution >= 4 is 60.6 Å². The van der Waals surface area contributed by atoms with E-state index in [0.29, 0.717) is 6.54 Å². The quantitative estimate of drug-likeness (QED) is 0.142. The average Bonchev–Trinajstić information content (AvgIpc) is 3.49. The predicted octanol–water partition coefficient (Wildman–Crippen LogP) is 9.09. The van der Waals surface area contributed by atoms with Gasteiger partial charge in [0.1, 0.15) is 0 Å². The minimum absolute atomic E-state index is 0.0515. The molecule has 4 heteroatoms. The smallest absolute Gasteiger partial charge is 0.251 e. The van der Waals surface area contributed by atoms with Gasteiger partial charge in [-0.15, -0.1) is 0 Å². The summed E-state index contributed by atoms with van der Waals surface area (Å²) in [4.78, 5) is 38.0. The van der Waals surface area contributed by atoms with E-state index < -0.39 is 0 Å². The van der Waals surface area contributed by atoms with E-state index >= 15 is 0 Å². The molecule has 0 radical (unpaired) electrons. The summed E-state index contributed by atoms with van der Waals surface area (Å²) in [5, 5.41) is 11.6. The van der Waals surface area contributed by atoms with Gasteiger partial charge in [-0.05, 0) is 78.3 Å². The molecular formula is C42H23NO3. The van der Waals surface area contributed by atoms with E-state index in [1.807, 2.05) is 84.9 Å². The fourth-order valence-corrected chi connectivity index (χ4v) is 8.00. The molecule has 1 amide bonds. The van der Waals surface area contributed by atoms with Crippen LogP contribution < -0.4 is 5.32 Å². The van der Waals surface area contributed by atoms with Gasteiger partial charge in [0.25, 0.3) is 5.91 Å². The second kappa shape index (κ2) is 8.96. The maximum absolute atomic E-state index is 13.5. The number of ketones is 2. The van der Waals surface area contributed by atoms with Crippen molar-refractivity contribution in [1.29, 1.82) is 0 Å². The summed E-state index contributed by atoms with van der Waals surface area (Å²) in [5.41, 5.74) is 9.20. The molecule has 8 aromatic rings. The lowest BCUT2D eigenvalue weighted by molar-refractivity contribution is 0.0964. The first-order chi connectivity index (χ1) is 22.6. The van der Waals surface area contributed by atoms with Gasteiger partial charge in [-0.2, -0.15) is 0 Å². The Hall–Kier alpha value is -6.13. The average molecular weight is 590 g/mol. The van der Waals surface area contributed by atoms with Crippen LogP contribution in [0.15, 0.2) is 121 Å². The van der Waals surface area contributed by atoms with Crippen LogP contribution in [0, 0.1) is 0 Å². The molecule has 4 nitrogen and oxygen atoms in total. The molecule has 0 saturated carbocycles. The SMILES string of the molecule is O=C1NCc2ccccc21.O=C1c2ccccc2-c2ccc3c4ccc5c6c(ccc(c7ccc1c2c73)c64)C(=O)c1ccccc1-5. The zero-order chi connectivity index (χ0) is 30.7. The van der Waals surface area contributed by atoms with E-state index in [2.05, 4.69) is 41.7 Å². The first-order valence-electron chi connectivity index (χ1n) is 15.4. The number of carbonyl (C=O) groups excluding carboxylic acids is 3. The highest BCUT2D eigenvalue weighted by molar-refractivity contribution is 6.41. The number of benzene rings is 8. The van der Waals surface area contributed by atoms with Crippen molar-refractivity contribution in [3.05, 3.63) is 155 Å². The molecule has 2 aliphatic carbocycles. The number of amides is 1. The standard InChI is InChI=1S/C34H16O2.C8H7NO/c35-33-25-7-3-1-5-17(25)19-9-11-21-22-12-10-20-18-6-2-4-8-26(18)34(36)28-16-14-24(30(22)32(20)28)23-13-15-27(33)31(19)29(21)23;10-8-7-4-2-1-3-6(7)5-9-8/h1-16H;1-4H,5H2,(H,9,10). The monoisotopic (exact) mass is 589 g/mol. The van der Waals surface area contributed by atoms with Crippen molar-refractivity contribution in [1.82, 2.24) is 5.32 Å². The lowest BCUT2D eigenvalue weighted by Crippen LogP contribution is -2.12. The Balaban J connectivity index is 0.000000235. The molecular weight excluding hydrogens is 566 g/mol. The zero-order valence-electron chi connectivity index (χ0n) is 24.5. The molecule has 3 aliphatic rings. The third kappa shape index (κ3) is 3.15. The third-order valence-electron chi connectivity index (χ3n) is 10.0. The predicted molar refractivity (Wildman–Crippen MR) is 183 cm³/mol.